The zero-order chi connectivity index (χ0) is 15.4. The Morgan fingerprint density at radius 1 is 0.682 bits per heavy atom. The van der Waals surface area contributed by atoms with Crippen LogP contribution in [0.25, 0.3) is 22.3 Å². The van der Waals surface area contributed by atoms with Crippen molar-refractivity contribution >= 4 is 0 Å². The maximum Gasteiger partial charge on any atom is -0.0149 e. The van der Waals surface area contributed by atoms with Gasteiger partial charge in [-0.2, -0.15) is 0 Å². The highest BCUT2D eigenvalue weighted by atomic mass is 14.1. The normalized spacial score (nSPS) is 10.6. The van der Waals surface area contributed by atoms with E-state index < -0.39 is 0 Å². The molecular weight excluding hydrogens is 264 g/mol. The van der Waals surface area contributed by atoms with Crippen LogP contribution in [0.4, 0.5) is 0 Å². The Morgan fingerprint density at radius 2 is 1.36 bits per heavy atom. The van der Waals surface area contributed by atoms with E-state index in [0.29, 0.717) is 0 Å². The molecule has 0 N–H and O–H groups in total. The molecule has 0 nitrogen and oxygen atoms in total. The van der Waals surface area contributed by atoms with E-state index in [1.54, 1.807) is 0 Å². The predicted octanol–water partition coefficient (Wildman–Crippen LogP) is 6.28. The lowest BCUT2D eigenvalue weighted by Gasteiger charge is -2.10. The van der Waals surface area contributed by atoms with Crippen LogP contribution >= 0.6 is 0 Å². The summed E-state index contributed by atoms with van der Waals surface area (Å²) in [6.07, 6.45) is 2.35. The van der Waals surface area contributed by atoms with E-state index in [1.165, 1.54) is 39.8 Å². The topological polar surface area (TPSA) is 0 Å². The first-order chi connectivity index (χ1) is 10.8. The molecule has 0 bridgehead atoms. The molecule has 0 aromatic heterocycles. The van der Waals surface area contributed by atoms with Crippen molar-refractivity contribution < 1.29 is 0 Å². The summed E-state index contributed by atoms with van der Waals surface area (Å²) in [5.74, 6) is 0. The fraction of sp³-hybridized carbons (Fsp3) is 0.182. The van der Waals surface area contributed by atoms with Gasteiger partial charge < -0.3 is 0 Å². The average molecular weight is 286 g/mol. The minimum absolute atomic E-state index is 1.16. The molecule has 0 saturated heterocycles. The molecule has 0 saturated carbocycles. The molecule has 0 unspecified atom stereocenters. The summed E-state index contributed by atoms with van der Waals surface area (Å²) in [6.45, 7) is 4.41. The predicted molar refractivity (Wildman–Crippen MR) is 96.0 cm³/mol. The summed E-state index contributed by atoms with van der Waals surface area (Å²) in [5, 5.41) is 0. The maximum atomic E-state index is 2.31. The fourth-order valence-electron chi connectivity index (χ4n) is 2.88. The highest BCUT2D eigenvalue weighted by Crippen LogP contribution is 2.29. The third-order valence-electron chi connectivity index (χ3n) is 4.15. The molecule has 0 amide bonds. The monoisotopic (exact) mass is 286 g/mol. The Hall–Kier alpha value is -2.34. The van der Waals surface area contributed by atoms with Gasteiger partial charge in [-0.05, 0) is 52.8 Å². The molecule has 0 fully saturated rings. The second-order valence-corrected chi connectivity index (χ2v) is 5.84. The number of benzene rings is 3. The Morgan fingerprint density at radius 3 is 2.05 bits per heavy atom. The maximum absolute atomic E-state index is 2.31. The quantitative estimate of drug-likeness (QED) is 0.529. The standard InChI is InChI=1S/C22H22/c1-3-7-18-11-14-20(15-12-18)22-16-21(13-10-17(22)2)19-8-5-4-6-9-19/h4-6,8-16H,3,7H2,1-2H3. The summed E-state index contributed by atoms with van der Waals surface area (Å²) >= 11 is 0. The number of hydrogen-bond acceptors (Lipinski definition) is 0. The Balaban J connectivity index is 1.99. The first-order valence-corrected chi connectivity index (χ1v) is 8.03. The van der Waals surface area contributed by atoms with Gasteiger partial charge >= 0.3 is 0 Å². The largest absolute Gasteiger partial charge is 0.0651 e. The molecule has 0 spiro atoms. The van der Waals surface area contributed by atoms with Crippen LogP contribution in [0.2, 0.25) is 0 Å². The van der Waals surface area contributed by atoms with E-state index in [1.807, 2.05) is 0 Å². The summed E-state index contributed by atoms with van der Waals surface area (Å²) in [6, 6.07) is 26.3. The third kappa shape index (κ3) is 3.12. The van der Waals surface area contributed by atoms with Gasteiger partial charge in [0.1, 0.15) is 0 Å². The lowest BCUT2D eigenvalue weighted by molar-refractivity contribution is 0.922. The van der Waals surface area contributed by atoms with Crippen LogP contribution in [0.1, 0.15) is 24.5 Å². The second kappa shape index (κ2) is 6.62. The first kappa shape index (κ1) is 14.6. The van der Waals surface area contributed by atoms with Crippen molar-refractivity contribution in [3.63, 3.8) is 0 Å². The fourth-order valence-corrected chi connectivity index (χ4v) is 2.88. The molecule has 0 aliphatic rings. The lowest BCUT2D eigenvalue weighted by Crippen LogP contribution is -1.87. The molecule has 0 heteroatoms. The zero-order valence-corrected chi connectivity index (χ0v) is 13.3. The molecule has 0 aliphatic heterocycles. The van der Waals surface area contributed by atoms with Crippen molar-refractivity contribution in [1.82, 2.24) is 0 Å². The van der Waals surface area contributed by atoms with Crippen LogP contribution in [0.15, 0.2) is 72.8 Å². The molecule has 0 heterocycles. The van der Waals surface area contributed by atoms with E-state index in [4.69, 9.17) is 0 Å². The van der Waals surface area contributed by atoms with Crippen LogP contribution < -0.4 is 0 Å². The second-order valence-electron chi connectivity index (χ2n) is 5.84. The third-order valence-corrected chi connectivity index (χ3v) is 4.15. The van der Waals surface area contributed by atoms with E-state index in [0.717, 1.165) is 6.42 Å². The Labute approximate surface area is 133 Å². The van der Waals surface area contributed by atoms with Gasteiger partial charge in [0.05, 0.1) is 0 Å². The molecule has 22 heavy (non-hydrogen) atoms. The van der Waals surface area contributed by atoms with Gasteiger partial charge in [0.2, 0.25) is 0 Å². The lowest BCUT2D eigenvalue weighted by atomic mass is 9.94. The van der Waals surface area contributed by atoms with E-state index in [2.05, 4.69) is 86.6 Å². The molecule has 3 aromatic carbocycles. The molecule has 3 aromatic rings. The number of rotatable bonds is 4. The van der Waals surface area contributed by atoms with Gasteiger partial charge in [-0.1, -0.05) is 80.1 Å². The van der Waals surface area contributed by atoms with Crippen molar-refractivity contribution in [3.8, 4) is 22.3 Å². The first-order valence-electron chi connectivity index (χ1n) is 8.03. The molecule has 0 atom stereocenters. The molecule has 110 valence electrons. The molecule has 0 radical (unpaired) electrons. The Kier molecular flexibility index (Phi) is 4.39. The highest BCUT2D eigenvalue weighted by Gasteiger charge is 2.05. The van der Waals surface area contributed by atoms with E-state index in [9.17, 15) is 0 Å². The number of hydrogen-bond donors (Lipinski definition) is 0. The van der Waals surface area contributed by atoms with Gasteiger partial charge in [-0.15, -0.1) is 0 Å². The summed E-state index contributed by atoms with van der Waals surface area (Å²) in [5.41, 5.74) is 7.91. The zero-order valence-electron chi connectivity index (χ0n) is 13.3. The van der Waals surface area contributed by atoms with Crippen molar-refractivity contribution in [3.05, 3.63) is 83.9 Å². The van der Waals surface area contributed by atoms with Crippen LogP contribution in [-0.4, -0.2) is 0 Å². The minimum Gasteiger partial charge on any atom is -0.0651 e. The van der Waals surface area contributed by atoms with Crippen molar-refractivity contribution in [2.75, 3.05) is 0 Å². The van der Waals surface area contributed by atoms with Crippen molar-refractivity contribution in [1.29, 1.82) is 0 Å². The Bertz CT molecular complexity index is 737. The van der Waals surface area contributed by atoms with Crippen molar-refractivity contribution in [2.45, 2.75) is 26.7 Å². The van der Waals surface area contributed by atoms with Gasteiger partial charge in [0.15, 0.2) is 0 Å². The van der Waals surface area contributed by atoms with Crippen LogP contribution in [-0.2, 0) is 6.42 Å². The smallest absolute Gasteiger partial charge is 0.0149 e. The van der Waals surface area contributed by atoms with Gasteiger partial charge in [-0.3, -0.25) is 0 Å². The summed E-state index contributed by atoms with van der Waals surface area (Å²) in [7, 11) is 0. The van der Waals surface area contributed by atoms with Gasteiger partial charge in [0, 0.05) is 0 Å². The SMILES string of the molecule is CCCc1ccc(-c2cc(-c3ccccc3)ccc2C)cc1. The van der Waals surface area contributed by atoms with E-state index in [-0.39, 0.29) is 0 Å². The van der Waals surface area contributed by atoms with Crippen LogP contribution in [0.3, 0.4) is 0 Å². The molecular formula is C22H22. The van der Waals surface area contributed by atoms with Gasteiger partial charge in [-0.25, -0.2) is 0 Å². The minimum atomic E-state index is 1.16. The van der Waals surface area contributed by atoms with Gasteiger partial charge in [0.25, 0.3) is 0 Å². The van der Waals surface area contributed by atoms with E-state index >= 15 is 0 Å². The average Bonchev–Trinajstić information content (AvgIpc) is 2.57. The van der Waals surface area contributed by atoms with Crippen LogP contribution in [0.5, 0.6) is 0 Å². The molecule has 3 rings (SSSR count). The van der Waals surface area contributed by atoms with Crippen LogP contribution in [0, 0.1) is 6.92 Å². The highest BCUT2D eigenvalue weighted by molar-refractivity contribution is 5.75. The van der Waals surface area contributed by atoms with Crippen molar-refractivity contribution in [2.24, 2.45) is 0 Å². The molecule has 0 aliphatic carbocycles. The summed E-state index contributed by atoms with van der Waals surface area (Å²) in [4.78, 5) is 0. The number of aryl methyl sites for hydroxylation is 2. The summed E-state index contributed by atoms with van der Waals surface area (Å²) < 4.78 is 0.